The first kappa shape index (κ1) is 24.9. The second-order valence-electron chi connectivity index (χ2n) is 8.08. The van der Waals surface area contributed by atoms with Crippen molar-refractivity contribution in [3.05, 3.63) is 71.0 Å². The van der Waals surface area contributed by atoms with Gasteiger partial charge in [-0.1, -0.05) is 31.5 Å². The number of hydrogen-bond acceptors (Lipinski definition) is 2. The summed E-state index contributed by atoms with van der Waals surface area (Å²) < 4.78 is 115. The van der Waals surface area contributed by atoms with E-state index in [1.54, 1.807) is 0 Å². The van der Waals surface area contributed by atoms with E-state index in [1.807, 2.05) is 6.92 Å². The Hall–Kier alpha value is -3.23. The van der Waals surface area contributed by atoms with Crippen LogP contribution in [0.1, 0.15) is 37.8 Å². The fourth-order valence-corrected chi connectivity index (χ4v) is 4.11. The van der Waals surface area contributed by atoms with Crippen molar-refractivity contribution in [1.82, 2.24) is 0 Å². The zero-order valence-electron chi connectivity index (χ0n) is 18.8. The van der Waals surface area contributed by atoms with Crippen LogP contribution in [0.4, 0.5) is 30.7 Å². The summed E-state index contributed by atoms with van der Waals surface area (Å²) in [6, 6.07) is 7.43. The summed E-state index contributed by atoms with van der Waals surface area (Å²) in [5.41, 5.74) is -4.96. The maximum atomic E-state index is 15.5. The largest absolute Gasteiger partial charge is 0.491 e. The molecule has 2 nitrogen and oxygen atoms in total. The highest BCUT2D eigenvalue weighted by Crippen LogP contribution is 2.60. The summed E-state index contributed by atoms with van der Waals surface area (Å²) in [5.74, 6) is -15.0. The third-order valence-corrected chi connectivity index (χ3v) is 5.86. The summed E-state index contributed by atoms with van der Waals surface area (Å²) in [6.45, 7) is 3.57. The maximum Gasteiger partial charge on any atom is 0.343 e. The minimum absolute atomic E-state index is 0.0781. The van der Waals surface area contributed by atoms with Crippen molar-refractivity contribution in [3.63, 3.8) is 0 Å². The van der Waals surface area contributed by atoms with E-state index in [4.69, 9.17) is 9.47 Å². The fourth-order valence-electron chi connectivity index (χ4n) is 4.11. The maximum absolute atomic E-state index is 15.5. The summed E-state index contributed by atoms with van der Waals surface area (Å²) in [6.07, 6.45) is 1.50. The van der Waals surface area contributed by atoms with Crippen LogP contribution >= 0.6 is 0 Å². The molecular weight excluding hydrogens is 477 g/mol. The molecule has 3 aromatic carbocycles. The molecule has 1 aliphatic rings. The van der Waals surface area contributed by atoms with E-state index in [9.17, 15) is 8.78 Å². The molecule has 186 valence electrons. The minimum atomic E-state index is -5.09. The molecule has 0 atom stereocenters. The summed E-state index contributed by atoms with van der Waals surface area (Å²) >= 11 is 0. The van der Waals surface area contributed by atoms with E-state index in [0.717, 1.165) is 36.8 Å². The Kier molecular flexibility index (Phi) is 6.46. The lowest BCUT2D eigenvalue weighted by molar-refractivity contribution is -0.227. The molecule has 3 aromatic rings. The normalized spacial score (nSPS) is 15.3. The van der Waals surface area contributed by atoms with Crippen molar-refractivity contribution in [3.8, 4) is 33.8 Å². The molecule has 0 fully saturated rings. The highest BCUT2D eigenvalue weighted by atomic mass is 19.3. The van der Waals surface area contributed by atoms with Gasteiger partial charge in [-0.05, 0) is 54.3 Å². The van der Waals surface area contributed by atoms with Crippen LogP contribution in [-0.4, -0.2) is 13.2 Å². The number of rotatable bonds is 7. The van der Waals surface area contributed by atoms with Crippen molar-refractivity contribution in [2.45, 2.75) is 38.5 Å². The molecule has 0 aromatic heterocycles. The van der Waals surface area contributed by atoms with E-state index in [2.05, 4.69) is 0 Å². The number of ether oxygens (including phenoxy) is 2. The van der Waals surface area contributed by atoms with Gasteiger partial charge in [0.1, 0.15) is 5.82 Å². The van der Waals surface area contributed by atoms with Gasteiger partial charge in [0, 0.05) is 5.56 Å². The van der Waals surface area contributed by atoms with Crippen molar-refractivity contribution in [2.24, 2.45) is 0 Å². The number of alkyl halides is 4. The van der Waals surface area contributed by atoms with Crippen LogP contribution in [0.25, 0.3) is 22.3 Å². The molecule has 0 bridgehead atoms. The average molecular weight is 498 g/mol. The second-order valence-corrected chi connectivity index (χ2v) is 8.08. The number of hydrogen-bond donors (Lipinski definition) is 0. The zero-order chi connectivity index (χ0) is 25.5. The van der Waals surface area contributed by atoms with Crippen LogP contribution in [0.15, 0.2) is 42.5 Å². The second kappa shape index (κ2) is 9.09. The van der Waals surface area contributed by atoms with Gasteiger partial charge < -0.3 is 9.47 Å². The Morgan fingerprint density at radius 2 is 1.26 bits per heavy atom. The molecule has 0 N–H and O–H groups in total. The standard InChI is InChI=1S/C26H21F7O2/c1-3-5-12-35-19-10-6-14(13-18(19)27)15-7-8-16-17-9-11-20(34-4-2)24(29)22(17)26(32,33)25(30,31)21(16)23(15)28/h6-11,13H,3-5,12H2,1-2H3. The zero-order valence-corrected chi connectivity index (χ0v) is 18.8. The Bertz CT molecular complexity index is 1270. The molecule has 0 aliphatic heterocycles. The fraction of sp³-hybridized carbons (Fsp3) is 0.308. The number of fused-ring (bicyclic) bond motifs is 3. The summed E-state index contributed by atoms with van der Waals surface area (Å²) in [5, 5.41) is 0. The molecule has 0 spiro atoms. The van der Waals surface area contributed by atoms with E-state index in [1.165, 1.54) is 19.1 Å². The molecule has 0 amide bonds. The van der Waals surface area contributed by atoms with Crippen molar-refractivity contribution < 1.29 is 40.2 Å². The van der Waals surface area contributed by atoms with Crippen molar-refractivity contribution in [1.29, 1.82) is 0 Å². The van der Waals surface area contributed by atoms with Crippen LogP contribution in [0.3, 0.4) is 0 Å². The Labute approximate surface area is 197 Å². The molecular formula is C26H21F7O2. The molecule has 0 unspecified atom stereocenters. The topological polar surface area (TPSA) is 18.5 Å². The third-order valence-electron chi connectivity index (χ3n) is 5.86. The highest BCUT2D eigenvalue weighted by molar-refractivity contribution is 5.81. The lowest BCUT2D eigenvalue weighted by Gasteiger charge is -2.35. The van der Waals surface area contributed by atoms with Gasteiger partial charge in [0.25, 0.3) is 0 Å². The number of halogens is 7. The first-order chi connectivity index (χ1) is 16.6. The van der Waals surface area contributed by atoms with E-state index in [0.29, 0.717) is 6.42 Å². The van der Waals surface area contributed by atoms with E-state index < -0.39 is 62.9 Å². The predicted molar refractivity (Wildman–Crippen MR) is 117 cm³/mol. The van der Waals surface area contributed by atoms with Crippen LogP contribution in [-0.2, 0) is 11.8 Å². The van der Waals surface area contributed by atoms with Gasteiger partial charge in [-0.3, -0.25) is 0 Å². The van der Waals surface area contributed by atoms with Gasteiger partial charge in [-0.2, -0.15) is 17.6 Å². The Morgan fingerprint density at radius 3 is 1.86 bits per heavy atom. The molecule has 4 rings (SSSR count). The highest BCUT2D eigenvalue weighted by Gasteiger charge is 2.65. The van der Waals surface area contributed by atoms with Gasteiger partial charge in [0.05, 0.1) is 24.3 Å². The van der Waals surface area contributed by atoms with Crippen molar-refractivity contribution in [2.75, 3.05) is 13.2 Å². The number of benzene rings is 3. The van der Waals surface area contributed by atoms with Gasteiger partial charge in [-0.25, -0.2) is 13.2 Å². The van der Waals surface area contributed by atoms with Crippen LogP contribution < -0.4 is 9.47 Å². The molecule has 0 saturated carbocycles. The number of unbranched alkanes of at least 4 members (excludes halogenated alkanes) is 1. The molecule has 0 radical (unpaired) electrons. The van der Waals surface area contributed by atoms with Gasteiger partial charge in [-0.15, -0.1) is 0 Å². The SMILES string of the molecule is CCCCOc1ccc(-c2ccc3c(c2F)C(F)(F)C(F)(F)c2c-3ccc(OCC)c2F)cc1F. The van der Waals surface area contributed by atoms with Gasteiger partial charge in [0.2, 0.25) is 0 Å². The summed E-state index contributed by atoms with van der Waals surface area (Å²) in [7, 11) is 0. The molecule has 0 saturated heterocycles. The average Bonchev–Trinajstić information content (AvgIpc) is 2.80. The Morgan fingerprint density at radius 1 is 0.686 bits per heavy atom. The quantitative estimate of drug-likeness (QED) is 0.241. The monoisotopic (exact) mass is 498 g/mol. The lowest BCUT2D eigenvalue weighted by atomic mass is 9.78. The van der Waals surface area contributed by atoms with Gasteiger partial charge >= 0.3 is 11.8 Å². The first-order valence-corrected chi connectivity index (χ1v) is 11.0. The summed E-state index contributed by atoms with van der Waals surface area (Å²) in [4.78, 5) is 0. The first-order valence-electron chi connectivity index (χ1n) is 11.0. The minimum Gasteiger partial charge on any atom is -0.491 e. The predicted octanol–water partition coefficient (Wildman–Crippen LogP) is 8.21. The lowest BCUT2D eigenvalue weighted by Crippen LogP contribution is -2.41. The molecule has 0 heterocycles. The molecule has 1 aliphatic carbocycles. The van der Waals surface area contributed by atoms with Crippen LogP contribution in [0.5, 0.6) is 11.5 Å². The van der Waals surface area contributed by atoms with Gasteiger partial charge in [0.15, 0.2) is 23.1 Å². The smallest absolute Gasteiger partial charge is 0.343 e. The third kappa shape index (κ3) is 3.90. The van der Waals surface area contributed by atoms with E-state index in [-0.39, 0.29) is 24.5 Å². The van der Waals surface area contributed by atoms with Crippen molar-refractivity contribution >= 4 is 0 Å². The Balaban J connectivity index is 1.87. The molecule has 35 heavy (non-hydrogen) atoms. The van der Waals surface area contributed by atoms with E-state index >= 15 is 22.0 Å². The molecule has 9 heteroatoms. The van der Waals surface area contributed by atoms with Crippen LogP contribution in [0, 0.1) is 17.5 Å². The van der Waals surface area contributed by atoms with Crippen LogP contribution in [0.2, 0.25) is 0 Å².